The summed E-state index contributed by atoms with van der Waals surface area (Å²) in [6.07, 6.45) is -10.2. The number of Topliss-reactive ketones (excluding diaryl/α,β-unsaturated/α-hetero) is 2. The topological polar surface area (TPSA) is 426 Å². The van der Waals surface area contributed by atoms with Crippen molar-refractivity contribution in [1.29, 1.82) is 0 Å². The number of phenolic OH excluding ortho intramolecular Hbond substituents is 2. The molecule has 3 aromatic rings. The van der Waals surface area contributed by atoms with Crippen LogP contribution in [0.15, 0.2) is 42.5 Å². The van der Waals surface area contributed by atoms with Gasteiger partial charge in [-0.3, -0.25) is 47.9 Å². The van der Waals surface area contributed by atoms with Crippen molar-refractivity contribution in [2.75, 3.05) is 19.0 Å². The highest BCUT2D eigenvalue weighted by atomic mass is 16.7. The van der Waals surface area contributed by atoms with Crippen molar-refractivity contribution in [3.8, 4) is 17.2 Å². The highest BCUT2D eigenvalue weighted by Gasteiger charge is 2.50. The van der Waals surface area contributed by atoms with E-state index in [1.54, 1.807) is 13.8 Å². The number of benzene rings is 3. The van der Waals surface area contributed by atoms with Gasteiger partial charge in [-0.25, -0.2) is 4.79 Å². The number of amides is 5. The lowest BCUT2D eigenvalue weighted by molar-refractivity contribution is -0.249. The van der Waals surface area contributed by atoms with Gasteiger partial charge in [0.2, 0.25) is 29.4 Å². The molecule has 1 saturated heterocycles. The van der Waals surface area contributed by atoms with Gasteiger partial charge in [0.25, 0.3) is 0 Å². The molecule has 0 radical (unpaired) electrons. The molecule has 1 aliphatic heterocycles. The molecule has 3 aliphatic rings. The molecule has 3 aromatic carbocycles. The van der Waals surface area contributed by atoms with Gasteiger partial charge in [0.15, 0.2) is 17.9 Å². The van der Waals surface area contributed by atoms with Gasteiger partial charge in [-0.1, -0.05) is 45.0 Å². The molecule has 0 aromatic heterocycles. The van der Waals surface area contributed by atoms with Crippen LogP contribution >= 0.6 is 0 Å². The molecule has 27 heteroatoms. The molecule has 0 unspecified atom stereocenters. The summed E-state index contributed by atoms with van der Waals surface area (Å²) in [7, 11) is 1.27. The van der Waals surface area contributed by atoms with E-state index in [1.807, 2.05) is 0 Å². The second-order valence-corrected chi connectivity index (χ2v) is 20.7. The fourth-order valence-electron chi connectivity index (χ4n) is 9.87. The summed E-state index contributed by atoms with van der Waals surface area (Å²) in [6.45, 7) is 5.51. The lowest BCUT2D eigenvalue weighted by atomic mass is 9.72. The van der Waals surface area contributed by atoms with E-state index < -0.39 is 199 Å². The van der Waals surface area contributed by atoms with Gasteiger partial charge >= 0.3 is 18.0 Å². The molecule has 442 valence electrons. The maximum atomic E-state index is 14.1. The minimum atomic E-state index is -2.44. The largest absolute Gasteiger partial charge is 0.507 e. The number of phenols is 2. The summed E-state index contributed by atoms with van der Waals surface area (Å²) in [6, 6.07) is 4.47. The molecule has 5 amide bonds. The lowest BCUT2D eigenvalue weighted by Crippen LogP contribution is -2.58. The summed E-state index contributed by atoms with van der Waals surface area (Å²) in [5.74, 6) is -12.9. The number of aliphatic hydroxyl groups excluding tert-OH is 2. The van der Waals surface area contributed by atoms with Crippen molar-refractivity contribution in [3.05, 3.63) is 81.4 Å². The third-order valence-electron chi connectivity index (χ3n) is 14.2. The maximum Gasteiger partial charge on any atom is 0.407 e. The van der Waals surface area contributed by atoms with Gasteiger partial charge in [0, 0.05) is 60.4 Å². The van der Waals surface area contributed by atoms with E-state index in [2.05, 4.69) is 26.6 Å². The zero-order chi connectivity index (χ0) is 60.7. The van der Waals surface area contributed by atoms with E-state index in [0.29, 0.717) is 5.56 Å². The molecular formula is C55H65N5O22. The van der Waals surface area contributed by atoms with Crippen molar-refractivity contribution in [2.24, 2.45) is 11.8 Å². The van der Waals surface area contributed by atoms with Crippen LogP contribution in [0, 0.1) is 11.8 Å². The number of carboxylic acid groups (broad SMARTS) is 2. The molecule has 0 spiro atoms. The fraction of sp³-hybridized carbons (Fsp3) is 0.473. The number of alkyl carbamates (subject to hydrolysis) is 1. The predicted molar refractivity (Wildman–Crippen MR) is 280 cm³/mol. The van der Waals surface area contributed by atoms with E-state index in [-0.39, 0.29) is 46.7 Å². The number of methoxy groups -OCH3 is 1. The van der Waals surface area contributed by atoms with Crippen LogP contribution in [0.2, 0.25) is 0 Å². The summed E-state index contributed by atoms with van der Waals surface area (Å²) in [4.78, 5) is 142. The molecule has 10 atom stereocenters. The quantitative estimate of drug-likeness (QED) is 0.0435. The highest BCUT2D eigenvalue weighted by Crippen LogP contribution is 2.52. The van der Waals surface area contributed by atoms with Crippen LogP contribution in [0.5, 0.6) is 17.2 Å². The first-order valence-corrected chi connectivity index (χ1v) is 26.0. The Bertz CT molecular complexity index is 3040. The van der Waals surface area contributed by atoms with Gasteiger partial charge in [0.05, 0.1) is 48.5 Å². The number of nitrogens with one attached hydrogen (secondary N) is 5. The van der Waals surface area contributed by atoms with E-state index in [0.717, 1.165) is 0 Å². The minimum Gasteiger partial charge on any atom is -0.507 e. The van der Waals surface area contributed by atoms with Gasteiger partial charge in [-0.15, -0.1) is 0 Å². The molecule has 1 heterocycles. The van der Waals surface area contributed by atoms with Crippen molar-refractivity contribution in [2.45, 2.75) is 141 Å². The van der Waals surface area contributed by atoms with Crippen LogP contribution in [-0.4, -0.2) is 163 Å². The highest BCUT2D eigenvalue weighted by molar-refractivity contribution is 6.31. The third kappa shape index (κ3) is 14.4. The molecule has 1 fully saturated rings. The Hall–Kier alpha value is -8.37. The average Bonchev–Trinajstić information content (AvgIpc) is 1.06. The number of hydrogen-bond donors (Lipinski definition) is 12. The Morgan fingerprint density at radius 2 is 1.46 bits per heavy atom. The van der Waals surface area contributed by atoms with E-state index in [1.165, 1.54) is 70.3 Å². The number of hydrogen-bond acceptors (Lipinski definition) is 20. The second kappa shape index (κ2) is 26.5. The van der Waals surface area contributed by atoms with Gasteiger partial charge in [-0.05, 0) is 49.9 Å². The second-order valence-electron chi connectivity index (χ2n) is 20.7. The third-order valence-corrected chi connectivity index (χ3v) is 14.2. The molecule has 27 nitrogen and oxygen atoms in total. The maximum absolute atomic E-state index is 14.1. The number of fused-ring (bicyclic) bond motifs is 3. The standard InChI is InChI=1S/C55H65N5O22/c1-23(2)44(60-51(74)31(14-15-37(64)65)57-50(73)24(3)16-38(66)67)53(76)58-33(17-25(4)62)52(75)56-28-12-10-27(11-13-28)22-80-54(77)59-32-18-39(81-26(5)45(32)68)82-35-20-55(78,36(63)21-61)19-30-41(35)49(72)43-42(47(30)70)46(69)29-8-7-9-34(79-6)40(29)48(43)71/h7-13,23-24,26,31-33,35,39,44-45,61,68,70,72,78H,14-22H2,1-6H3,(H,56,75)(H,57,73)(H,58,76)(H,59,77)(H,60,74)(H,64,65)(H,66,67)/t24-,26-,31-,32-,33-,35-,39-,44-,45+,55-/m0/s1. The molecule has 0 saturated carbocycles. The monoisotopic (exact) mass is 1150 g/mol. The fourth-order valence-corrected chi connectivity index (χ4v) is 9.87. The van der Waals surface area contributed by atoms with Crippen LogP contribution in [0.1, 0.15) is 128 Å². The number of aromatic hydroxyl groups is 2. The first-order valence-electron chi connectivity index (χ1n) is 26.0. The molecule has 0 bridgehead atoms. The number of aliphatic carboxylic acids is 2. The SMILES string of the molecule is COc1cccc2c1C(=O)c1c(O)c3c(c(O)c1C2=O)C[C@@](O)(C(=O)CO)C[C@@H]3O[C@H]1C[C@H](NC(=O)OCc2ccc(NC(=O)[C@H](CC(C)=O)NC(=O)[C@@H](NC(=O)[C@H](CCC(=O)O)NC(=O)[C@@H](C)CC(=O)O)C(C)C)cc2)[C@H](O)[C@H](C)O1. The zero-order valence-corrected chi connectivity index (χ0v) is 45.4. The number of ether oxygens (including phenoxy) is 4. The average molecular weight is 1150 g/mol. The van der Waals surface area contributed by atoms with Crippen LogP contribution in [0.25, 0.3) is 0 Å². The van der Waals surface area contributed by atoms with E-state index in [4.69, 9.17) is 24.1 Å². The Morgan fingerprint density at radius 3 is 2.07 bits per heavy atom. The number of carbonyl (C=O) groups is 11. The van der Waals surface area contributed by atoms with Crippen LogP contribution in [0.3, 0.4) is 0 Å². The first-order chi connectivity index (χ1) is 38.6. The number of anilines is 1. The Labute approximate surface area is 468 Å². The number of rotatable bonds is 24. The van der Waals surface area contributed by atoms with Crippen molar-refractivity contribution in [3.63, 3.8) is 0 Å². The lowest BCUT2D eigenvalue weighted by Gasteiger charge is -2.42. The Kier molecular flexibility index (Phi) is 20.3. The minimum absolute atomic E-state index is 0.00580. The van der Waals surface area contributed by atoms with E-state index >= 15 is 0 Å². The molecule has 12 N–H and O–H groups in total. The van der Waals surface area contributed by atoms with Crippen LogP contribution in [-0.2, 0) is 65.6 Å². The summed E-state index contributed by atoms with van der Waals surface area (Å²) < 4.78 is 22.9. The van der Waals surface area contributed by atoms with Gasteiger partial charge in [-0.2, -0.15) is 0 Å². The molecule has 2 aliphatic carbocycles. The van der Waals surface area contributed by atoms with Crippen LogP contribution in [0.4, 0.5) is 10.5 Å². The number of ketones is 4. The van der Waals surface area contributed by atoms with Gasteiger partial charge < -0.3 is 81.3 Å². The zero-order valence-electron chi connectivity index (χ0n) is 45.4. The Balaban J connectivity index is 1.09. The predicted octanol–water partition coefficient (Wildman–Crippen LogP) is 0.973. The normalized spacial score (nSPS) is 21.4. The van der Waals surface area contributed by atoms with Crippen molar-refractivity contribution < 1.29 is 107 Å². The van der Waals surface area contributed by atoms with Gasteiger partial charge in [0.1, 0.15) is 66.1 Å². The molecule has 82 heavy (non-hydrogen) atoms. The van der Waals surface area contributed by atoms with Crippen LogP contribution < -0.4 is 31.3 Å². The van der Waals surface area contributed by atoms with E-state index in [9.17, 15) is 83.4 Å². The number of aliphatic hydroxyl groups is 3. The first kappa shape index (κ1) is 62.8. The van der Waals surface area contributed by atoms with Crippen molar-refractivity contribution in [1.82, 2.24) is 21.3 Å². The number of carbonyl (C=O) groups excluding carboxylic acids is 9. The molecular weight excluding hydrogens is 1080 g/mol. The summed E-state index contributed by atoms with van der Waals surface area (Å²) in [5.41, 5.74) is -4.00. The smallest absolute Gasteiger partial charge is 0.407 e. The Morgan fingerprint density at radius 1 is 0.805 bits per heavy atom. The summed E-state index contributed by atoms with van der Waals surface area (Å²) >= 11 is 0. The summed E-state index contributed by atoms with van der Waals surface area (Å²) in [5, 5.41) is 86.8. The number of carboxylic acids is 2. The van der Waals surface area contributed by atoms with Crippen molar-refractivity contribution >= 4 is 70.5 Å². The molecule has 6 rings (SSSR count).